The number of halogens is 5. The Morgan fingerprint density at radius 1 is 1.50 bits per heavy atom. The van der Waals surface area contributed by atoms with Crippen LogP contribution in [0, 0.1) is 0 Å². The molecule has 0 spiro atoms. The van der Waals surface area contributed by atoms with E-state index in [2.05, 4.69) is 0 Å². The van der Waals surface area contributed by atoms with Crippen LogP contribution in [0.5, 0.6) is 0 Å². The lowest BCUT2D eigenvalue weighted by Crippen LogP contribution is -2.33. The van der Waals surface area contributed by atoms with Crippen molar-refractivity contribution >= 4 is 33.3 Å². The molecule has 0 fully saturated rings. The van der Waals surface area contributed by atoms with Gasteiger partial charge in [0, 0.05) is 12.8 Å². The molecule has 0 rings (SSSR count). The molecule has 12 heavy (non-hydrogen) atoms. The molecule has 0 saturated heterocycles. The molecule has 0 bridgehead atoms. The van der Waals surface area contributed by atoms with Crippen molar-refractivity contribution in [3.8, 4) is 0 Å². The minimum atomic E-state index is -3.81. The first-order chi connectivity index (χ1) is 5.17. The Kier molecular flexibility index (Phi) is 4.03. The monoisotopic (exact) mass is 266 g/mol. The van der Waals surface area contributed by atoms with Crippen LogP contribution in [0.4, 0.5) is 13.2 Å². The fourth-order valence-corrected chi connectivity index (χ4v) is 0.767. The van der Waals surface area contributed by atoms with Gasteiger partial charge in [-0.15, -0.1) is 0 Å². The molecule has 0 N–H and O–H groups in total. The Balaban J connectivity index is 4.14. The molecule has 72 valence electrons. The van der Waals surface area contributed by atoms with Gasteiger partial charge >= 0.3 is 4.83 Å². The van der Waals surface area contributed by atoms with E-state index < -0.39 is 16.4 Å². The molecule has 1 atom stereocenters. The third kappa shape index (κ3) is 3.76. The van der Waals surface area contributed by atoms with Crippen LogP contribution in [0.2, 0.25) is 0 Å². The third-order valence-electron chi connectivity index (χ3n) is 1.21. The molecule has 0 aromatic heterocycles. The summed E-state index contributed by atoms with van der Waals surface area (Å²) in [5, 5.41) is -3.20. The number of rotatable bonds is 4. The summed E-state index contributed by atoms with van der Waals surface area (Å²) in [6.07, 6.45) is -1.01. The number of carbonyl (C=O) groups is 1. The summed E-state index contributed by atoms with van der Waals surface area (Å²) in [7, 11) is 0. The average molecular weight is 267 g/mol. The number of alkyl halides is 5. The van der Waals surface area contributed by atoms with Crippen LogP contribution in [0.25, 0.3) is 0 Å². The highest BCUT2D eigenvalue weighted by Gasteiger charge is 2.51. The number of Topliss-reactive ketones (excluding diaryl/α,β-unsaturated/α-hetero) is 1. The lowest BCUT2D eigenvalue weighted by atomic mass is 10.1. The second-order valence-electron chi connectivity index (χ2n) is 2.40. The predicted octanol–water partition coefficient (Wildman–Crippen LogP) is 3.25. The van der Waals surface area contributed by atoms with Crippen LogP contribution in [-0.2, 0) is 4.79 Å². The highest BCUT2D eigenvalue weighted by atomic mass is 79.9. The van der Waals surface area contributed by atoms with Crippen molar-refractivity contribution in [3.05, 3.63) is 0 Å². The number of ketones is 1. The van der Waals surface area contributed by atoms with Crippen molar-refractivity contribution in [2.24, 2.45) is 0 Å². The Morgan fingerprint density at radius 3 is 2.17 bits per heavy atom. The zero-order valence-corrected chi connectivity index (χ0v) is 8.55. The molecule has 0 aliphatic carbocycles. The van der Waals surface area contributed by atoms with Gasteiger partial charge in [0.25, 0.3) is 5.13 Å². The minimum absolute atomic E-state index is 0.304. The van der Waals surface area contributed by atoms with Crippen LogP contribution in [0.15, 0.2) is 0 Å². The van der Waals surface area contributed by atoms with Crippen molar-refractivity contribution in [1.82, 2.24) is 0 Å². The zero-order valence-electron chi connectivity index (χ0n) is 6.21. The molecule has 0 amide bonds. The van der Waals surface area contributed by atoms with Gasteiger partial charge in [0.05, 0.1) is 0 Å². The van der Waals surface area contributed by atoms with Crippen molar-refractivity contribution in [2.75, 3.05) is 0 Å². The molecule has 0 aliphatic heterocycles. The van der Waals surface area contributed by atoms with Gasteiger partial charge in [-0.2, -0.15) is 8.78 Å². The predicted molar refractivity (Wildman–Crippen MR) is 43.5 cm³/mol. The van der Waals surface area contributed by atoms with Gasteiger partial charge in [0.15, 0.2) is 0 Å². The summed E-state index contributed by atoms with van der Waals surface area (Å²) >= 11 is 6.64. The standard InChI is InChI=1S/C6H7BrClF3O/c1-4(12)2-3-5(8,9)6(7,10)11/h2-3H2,1H3. The van der Waals surface area contributed by atoms with Gasteiger partial charge in [-0.05, 0) is 22.9 Å². The highest BCUT2D eigenvalue weighted by molar-refractivity contribution is 9.10. The molecule has 0 heterocycles. The molecule has 0 aliphatic rings. The van der Waals surface area contributed by atoms with Crippen LogP contribution in [0.3, 0.4) is 0 Å². The van der Waals surface area contributed by atoms with Gasteiger partial charge in [0.2, 0.25) is 0 Å². The number of carbonyl (C=O) groups excluding carboxylic acids is 1. The molecule has 1 nitrogen and oxygen atoms in total. The van der Waals surface area contributed by atoms with E-state index in [0.29, 0.717) is 0 Å². The number of hydrogen-bond donors (Lipinski definition) is 0. The van der Waals surface area contributed by atoms with Crippen molar-refractivity contribution in [2.45, 2.75) is 29.7 Å². The quantitative estimate of drug-likeness (QED) is 0.715. The molecule has 1 unspecified atom stereocenters. The van der Waals surface area contributed by atoms with Gasteiger partial charge in [0.1, 0.15) is 5.78 Å². The molecule has 6 heteroatoms. The van der Waals surface area contributed by atoms with E-state index in [9.17, 15) is 18.0 Å². The second-order valence-corrected chi connectivity index (χ2v) is 4.00. The molecular formula is C6H7BrClF3O. The van der Waals surface area contributed by atoms with Crippen LogP contribution < -0.4 is 0 Å². The maximum absolute atomic E-state index is 12.8. The second kappa shape index (κ2) is 3.96. The van der Waals surface area contributed by atoms with Crippen LogP contribution in [0.1, 0.15) is 19.8 Å². The van der Waals surface area contributed by atoms with Crippen LogP contribution in [-0.4, -0.2) is 15.7 Å². The van der Waals surface area contributed by atoms with E-state index >= 15 is 0 Å². The first-order valence-corrected chi connectivity index (χ1v) is 4.28. The summed E-state index contributed by atoms with van der Waals surface area (Å²) in [5.41, 5.74) is 0. The topological polar surface area (TPSA) is 17.1 Å². The summed E-state index contributed by atoms with van der Waals surface area (Å²) in [6, 6.07) is 0. The average Bonchev–Trinajstić information content (AvgIpc) is 1.81. The fraction of sp³-hybridized carbons (Fsp3) is 0.833. The summed E-state index contributed by atoms with van der Waals surface area (Å²) in [4.78, 5) is 6.52. The van der Waals surface area contributed by atoms with Crippen LogP contribution >= 0.6 is 27.5 Å². The lowest BCUT2D eigenvalue weighted by molar-refractivity contribution is -0.118. The van der Waals surface area contributed by atoms with E-state index in [4.69, 9.17) is 11.6 Å². The first-order valence-electron chi connectivity index (χ1n) is 3.11. The highest BCUT2D eigenvalue weighted by Crippen LogP contribution is 2.44. The Morgan fingerprint density at radius 2 is 1.92 bits per heavy atom. The van der Waals surface area contributed by atoms with Crippen molar-refractivity contribution in [1.29, 1.82) is 0 Å². The summed E-state index contributed by atoms with van der Waals surface area (Å²) < 4.78 is 37.3. The Bertz CT molecular complexity index is 178. The maximum Gasteiger partial charge on any atom is 0.348 e. The van der Waals surface area contributed by atoms with E-state index in [1.807, 2.05) is 0 Å². The Labute approximate surface area is 81.4 Å². The SMILES string of the molecule is CC(=O)CCC(F)(Cl)C(F)(F)Br. The Hall–Kier alpha value is 0.230. The zero-order chi connectivity index (χ0) is 9.99. The van der Waals surface area contributed by atoms with Crippen molar-refractivity contribution < 1.29 is 18.0 Å². The lowest BCUT2D eigenvalue weighted by Gasteiger charge is -2.22. The molecule has 0 radical (unpaired) electrons. The molecule has 0 saturated carbocycles. The van der Waals surface area contributed by atoms with Gasteiger partial charge in [-0.1, -0.05) is 11.6 Å². The molecule has 0 aromatic carbocycles. The van der Waals surface area contributed by atoms with Gasteiger partial charge in [-0.25, -0.2) is 4.39 Å². The van der Waals surface area contributed by atoms with E-state index in [1.54, 1.807) is 15.9 Å². The van der Waals surface area contributed by atoms with E-state index in [1.165, 1.54) is 6.92 Å². The smallest absolute Gasteiger partial charge is 0.300 e. The fourth-order valence-electron chi connectivity index (χ4n) is 0.475. The molecule has 0 aromatic rings. The maximum atomic E-state index is 12.8. The van der Waals surface area contributed by atoms with E-state index in [-0.39, 0.29) is 12.2 Å². The van der Waals surface area contributed by atoms with Crippen molar-refractivity contribution in [3.63, 3.8) is 0 Å². The van der Waals surface area contributed by atoms with E-state index in [0.717, 1.165) is 0 Å². The summed E-state index contributed by atoms with van der Waals surface area (Å²) in [5.74, 6) is -0.380. The number of hydrogen-bond acceptors (Lipinski definition) is 1. The first kappa shape index (κ1) is 12.2. The largest absolute Gasteiger partial charge is 0.348 e. The summed E-state index contributed by atoms with van der Waals surface area (Å²) in [6.45, 7) is 1.18. The van der Waals surface area contributed by atoms with Gasteiger partial charge < -0.3 is 4.79 Å². The van der Waals surface area contributed by atoms with Gasteiger partial charge in [-0.3, -0.25) is 0 Å². The third-order valence-corrected chi connectivity index (χ3v) is 2.49. The minimum Gasteiger partial charge on any atom is -0.300 e. The normalized spacial score (nSPS) is 17.2. The molecular weight excluding hydrogens is 260 g/mol.